The van der Waals surface area contributed by atoms with Crippen LogP contribution in [0.3, 0.4) is 0 Å². The fraction of sp³-hybridized carbons (Fsp3) is 0.455. The molecule has 5 nitrogen and oxygen atoms in total. The highest BCUT2D eigenvalue weighted by Crippen LogP contribution is 2.27. The summed E-state index contributed by atoms with van der Waals surface area (Å²) in [7, 11) is 0. The number of aromatic nitrogens is 1. The third-order valence-corrected chi connectivity index (χ3v) is 5.01. The number of hydrogen-bond acceptors (Lipinski definition) is 4. The Hall–Kier alpha value is -2.40. The first-order valence-electron chi connectivity index (χ1n) is 9.74. The number of carbonyl (C=O) groups is 1. The van der Waals surface area contributed by atoms with E-state index in [2.05, 4.69) is 17.2 Å². The molecule has 2 heterocycles. The van der Waals surface area contributed by atoms with Gasteiger partial charge in [-0.1, -0.05) is 13.0 Å². The molecule has 1 saturated heterocycles. The van der Waals surface area contributed by atoms with Gasteiger partial charge in [0.2, 0.25) is 0 Å². The standard InChI is InChI=1S/C22H29N3O2/c1-4-10-25(20-7-9-24-14-20)22(26)19-11-16(2)21(17(3)12-19)27-15-18-6-5-8-23-13-18/h5-6,8,11-13,20,24H,4,7,9-10,14-15H2,1-3H3. The Morgan fingerprint density at radius 3 is 2.70 bits per heavy atom. The van der Waals surface area contributed by atoms with Crippen LogP contribution in [-0.2, 0) is 6.61 Å². The Kier molecular flexibility index (Phi) is 6.45. The van der Waals surface area contributed by atoms with Crippen LogP contribution < -0.4 is 10.1 Å². The number of amides is 1. The number of rotatable bonds is 7. The van der Waals surface area contributed by atoms with Gasteiger partial charge in [0.1, 0.15) is 12.4 Å². The van der Waals surface area contributed by atoms with Crippen LogP contribution in [0.25, 0.3) is 0 Å². The predicted octanol–water partition coefficient (Wildman–Crippen LogP) is 3.49. The van der Waals surface area contributed by atoms with Crippen molar-refractivity contribution >= 4 is 5.91 Å². The van der Waals surface area contributed by atoms with Crippen LogP contribution in [0.4, 0.5) is 0 Å². The molecule has 1 atom stereocenters. The van der Waals surface area contributed by atoms with Crippen LogP contribution in [0, 0.1) is 13.8 Å². The number of benzene rings is 1. The van der Waals surface area contributed by atoms with Gasteiger partial charge in [-0.05, 0) is 62.6 Å². The topological polar surface area (TPSA) is 54.5 Å². The minimum Gasteiger partial charge on any atom is -0.488 e. The first-order valence-corrected chi connectivity index (χ1v) is 9.74. The van der Waals surface area contributed by atoms with Crippen molar-refractivity contribution in [2.45, 2.75) is 46.3 Å². The largest absolute Gasteiger partial charge is 0.488 e. The van der Waals surface area contributed by atoms with Gasteiger partial charge in [0.05, 0.1) is 0 Å². The van der Waals surface area contributed by atoms with Crippen LogP contribution in [0.2, 0.25) is 0 Å². The van der Waals surface area contributed by atoms with E-state index in [1.165, 1.54) is 0 Å². The van der Waals surface area contributed by atoms with Crippen LogP contribution >= 0.6 is 0 Å². The molecule has 5 heteroatoms. The second-order valence-corrected chi connectivity index (χ2v) is 7.23. The fourth-order valence-corrected chi connectivity index (χ4v) is 3.70. The summed E-state index contributed by atoms with van der Waals surface area (Å²) in [6, 6.07) is 8.10. The van der Waals surface area contributed by atoms with Crippen molar-refractivity contribution < 1.29 is 9.53 Å². The molecule has 1 unspecified atom stereocenters. The molecule has 1 N–H and O–H groups in total. The van der Waals surface area contributed by atoms with E-state index < -0.39 is 0 Å². The van der Waals surface area contributed by atoms with Crippen molar-refractivity contribution in [1.82, 2.24) is 15.2 Å². The van der Waals surface area contributed by atoms with Crippen molar-refractivity contribution in [3.63, 3.8) is 0 Å². The molecule has 144 valence electrons. The van der Waals surface area contributed by atoms with Crippen LogP contribution in [0.1, 0.15) is 46.8 Å². The smallest absolute Gasteiger partial charge is 0.254 e. The number of nitrogens with zero attached hydrogens (tertiary/aromatic N) is 2. The Morgan fingerprint density at radius 1 is 1.33 bits per heavy atom. The quantitative estimate of drug-likeness (QED) is 0.814. The second kappa shape index (κ2) is 9.00. The number of pyridine rings is 1. The maximum Gasteiger partial charge on any atom is 0.254 e. The van der Waals surface area contributed by atoms with Gasteiger partial charge in [-0.2, -0.15) is 0 Å². The molecule has 2 aromatic rings. The lowest BCUT2D eigenvalue weighted by Crippen LogP contribution is -2.42. The minimum absolute atomic E-state index is 0.121. The molecule has 0 spiro atoms. The SMILES string of the molecule is CCCN(C(=O)c1cc(C)c(OCc2cccnc2)c(C)c1)C1CCNC1. The van der Waals surface area contributed by atoms with E-state index in [0.29, 0.717) is 12.6 Å². The van der Waals surface area contributed by atoms with Gasteiger partial charge in [0.15, 0.2) is 0 Å². The van der Waals surface area contributed by atoms with Gasteiger partial charge in [-0.25, -0.2) is 0 Å². The summed E-state index contributed by atoms with van der Waals surface area (Å²) < 4.78 is 6.02. The lowest BCUT2D eigenvalue weighted by atomic mass is 10.0. The summed E-state index contributed by atoms with van der Waals surface area (Å²) >= 11 is 0. The number of carbonyl (C=O) groups excluding carboxylic acids is 1. The molecule has 1 aromatic heterocycles. The molecule has 1 fully saturated rings. The molecule has 1 aliphatic rings. The molecule has 27 heavy (non-hydrogen) atoms. The molecular weight excluding hydrogens is 338 g/mol. The summed E-state index contributed by atoms with van der Waals surface area (Å²) in [5, 5.41) is 3.36. The zero-order valence-corrected chi connectivity index (χ0v) is 16.5. The Morgan fingerprint density at radius 2 is 2.11 bits per heavy atom. The van der Waals surface area contributed by atoms with Crippen molar-refractivity contribution in [1.29, 1.82) is 0 Å². The van der Waals surface area contributed by atoms with Gasteiger partial charge < -0.3 is 15.0 Å². The van der Waals surface area contributed by atoms with Gasteiger partial charge in [-0.3, -0.25) is 9.78 Å². The van der Waals surface area contributed by atoms with E-state index in [0.717, 1.165) is 60.5 Å². The van der Waals surface area contributed by atoms with Crippen molar-refractivity contribution in [2.75, 3.05) is 19.6 Å². The monoisotopic (exact) mass is 367 g/mol. The Bertz CT molecular complexity index is 747. The summed E-state index contributed by atoms with van der Waals surface area (Å²) in [4.78, 5) is 19.3. The van der Waals surface area contributed by atoms with Crippen LogP contribution in [0.15, 0.2) is 36.7 Å². The molecule has 0 saturated carbocycles. The maximum atomic E-state index is 13.2. The van der Waals surface area contributed by atoms with E-state index >= 15 is 0 Å². The lowest BCUT2D eigenvalue weighted by molar-refractivity contribution is 0.0692. The van der Waals surface area contributed by atoms with E-state index in [4.69, 9.17) is 4.74 Å². The lowest BCUT2D eigenvalue weighted by Gasteiger charge is -2.28. The Labute approximate surface area is 161 Å². The molecule has 3 rings (SSSR count). The van der Waals surface area contributed by atoms with Crippen molar-refractivity contribution in [3.8, 4) is 5.75 Å². The molecular formula is C22H29N3O2. The van der Waals surface area contributed by atoms with Crippen molar-refractivity contribution in [3.05, 3.63) is 58.9 Å². The highest BCUT2D eigenvalue weighted by Gasteiger charge is 2.27. The van der Waals surface area contributed by atoms with Crippen LogP contribution in [-0.4, -0.2) is 41.5 Å². The highest BCUT2D eigenvalue weighted by molar-refractivity contribution is 5.95. The van der Waals surface area contributed by atoms with Crippen LogP contribution in [0.5, 0.6) is 5.75 Å². The summed E-state index contributed by atoms with van der Waals surface area (Å²) in [5.74, 6) is 0.968. The second-order valence-electron chi connectivity index (χ2n) is 7.23. The van der Waals surface area contributed by atoms with Gasteiger partial charge in [0, 0.05) is 42.7 Å². The number of hydrogen-bond donors (Lipinski definition) is 1. The predicted molar refractivity (Wildman–Crippen MR) is 107 cm³/mol. The maximum absolute atomic E-state index is 13.2. The molecule has 1 aliphatic heterocycles. The molecule has 0 aliphatic carbocycles. The molecule has 0 radical (unpaired) electrons. The van der Waals surface area contributed by atoms with E-state index in [9.17, 15) is 4.79 Å². The normalized spacial score (nSPS) is 16.3. The Balaban J connectivity index is 1.77. The zero-order chi connectivity index (χ0) is 19.2. The first-order chi connectivity index (χ1) is 13.1. The van der Waals surface area contributed by atoms with Crippen molar-refractivity contribution in [2.24, 2.45) is 0 Å². The van der Waals surface area contributed by atoms with Gasteiger partial charge in [0.25, 0.3) is 5.91 Å². The van der Waals surface area contributed by atoms with E-state index in [1.807, 2.05) is 43.0 Å². The fourth-order valence-electron chi connectivity index (χ4n) is 3.70. The highest BCUT2D eigenvalue weighted by atomic mass is 16.5. The zero-order valence-electron chi connectivity index (χ0n) is 16.5. The van der Waals surface area contributed by atoms with E-state index in [1.54, 1.807) is 12.4 Å². The molecule has 0 bridgehead atoms. The summed E-state index contributed by atoms with van der Waals surface area (Å²) in [6.07, 6.45) is 5.55. The number of nitrogens with one attached hydrogen (secondary N) is 1. The third-order valence-electron chi connectivity index (χ3n) is 5.01. The molecule has 1 amide bonds. The average molecular weight is 367 g/mol. The summed E-state index contributed by atoms with van der Waals surface area (Å²) in [5.41, 5.74) is 3.75. The first kappa shape index (κ1) is 19.4. The molecule has 1 aromatic carbocycles. The number of aryl methyl sites for hydroxylation is 2. The number of ether oxygens (including phenoxy) is 1. The summed E-state index contributed by atoms with van der Waals surface area (Å²) in [6.45, 7) is 9.26. The minimum atomic E-state index is 0.121. The van der Waals surface area contributed by atoms with Gasteiger partial charge in [-0.15, -0.1) is 0 Å². The third kappa shape index (κ3) is 4.66. The average Bonchev–Trinajstić information content (AvgIpc) is 3.20. The van der Waals surface area contributed by atoms with E-state index in [-0.39, 0.29) is 5.91 Å². The van der Waals surface area contributed by atoms with Gasteiger partial charge >= 0.3 is 0 Å².